The molecule has 2 aliphatic rings. The highest BCUT2D eigenvalue weighted by atomic mass is 16.6. The zero-order valence-corrected chi connectivity index (χ0v) is 18.6. The topological polar surface area (TPSA) is 95.9 Å². The Balaban J connectivity index is 1.33. The number of β-amino-alcohol motifs (C(OH)–C–C–N with tert-alkyl or cyclic N) is 1. The van der Waals surface area contributed by atoms with E-state index in [4.69, 9.17) is 14.2 Å². The summed E-state index contributed by atoms with van der Waals surface area (Å²) in [5.41, 5.74) is 2.31. The quantitative estimate of drug-likeness (QED) is 0.431. The van der Waals surface area contributed by atoms with Gasteiger partial charge >= 0.3 is 5.88 Å². The zero-order valence-electron chi connectivity index (χ0n) is 18.6. The molecule has 1 aromatic carbocycles. The van der Waals surface area contributed by atoms with Crippen molar-refractivity contribution in [3.8, 4) is 17.1 Å². The van der Waals surface area contributed by atoms with Gasteiger partial charge in [-0.25, -0.2) is 4.68 Å². The second-order valence-corrected chi connectivity index (χ2v) is 8.60. The van der Waals surface area contributed by atoms with Crippen LogP contribution in [0.5, 0.6) is 5.88 Å². The number of rotatable bonds is 7. The molecule has 9 nitrogen and oxygen atoms in total. The summed E-state index contributed by atoms with van der Waals surface area (Å²) >= 11 is 0. The van der Waals surface area contributed by atoms with Crippen molar-refractivity contribution in [2.75, 3.05) is 46.1 Å². The lowest BCUT2D eigenvalue weighted by atomic mass is 10.1. The van der Waals surface area contributed by atoms with Gasteiger partial charge in [-0.2, -0.15) is 5.10 Å². The van der Waals surface area contributed by atoms with Gasteiger partial charge in [-0.05, 0) is 37.5 Å². The Bertz CT molecular complexity index is 1080. The van der Waals surface area contributed by atoms with Crippen LogP contribution >= 0.6 is 0 Å². The van der Waals surface area contributed by atoms with E-state index in [1.54, 1.807) is 12.3 Å². The van der Waals surface area contributed by atoms with Crippen molar-refractivity contribution in [3.63, 3.8) is 0 Å². The maximum Gasteiger partial charge on any atom is 0.380 e. The van der Waals surface area contributed by atoms with Crippen LogP contribution in [0.15, 0.2) is 42.6 Å². The maximum atomic E-state index is 13.1. The Kier molecular flexibility index (Phi) is 6.73. The molecule has 9 heteroatoms. The Morgan fingerprint density at radius 2 is 2.00 bits per heavy atom. The van der Waals surface area contributed by atoms with Crippen molar-refractivity contribution >= 4 is 10.9 Å². The van der Waals surface area contributed by atoms with E-state index < -0.39 is 6.10 Å². The van der Waals surface area contributed by atoms with Gasteiger partial charge in [0.05, 0.1) is 25.0 Å². The number of morpholine rings is 1. The number of pyridine rings is 1. The van der Waals surface area contributed by atoms with Gasteiger partial charge in [0.25, 0.3) is 0 Å². The van der Waals surface area contributed by atoms with Crippen molar-refractivity contribution in [1.29, 1.82) is 0 Å². The standard InChI is InChI=1S/C24H30N4O5/c29-20(16-26-10-13-31-14-11-26)17-33-24-7-6-18-4-5-19(15-22(18)28(24)30)21-8-9-25-27(21)23-3-1-2-12-32-23/h4-9,15,20,23,29H,1-3,10-14,16-17H2/t20-,23?/m1/s1. The van der Waals surface area contributed by atoms with Crippen LogP contribution in [-0.2, 0) is 9.47 Å². The van der Waals surface area contributed by atoms with Gasteiger partial charge in [0.2, 0.25) is 5.52 Å². The van der Waals surface area contributed by atoms with Crippen LogP contribution in [0.4, 0.5) is 0 Å². The van der Waals surface area contributed by atoms with E-state index in [-0.39, 0.29) is 18.7 Å². The van der Waals surface area contributed by atoms with E-state index in [9.17, 15) is 10.3 Å². The van der Waals surface area contributed by atoms with Crippen molar-refractivity contribution < 1.29 is 24.0 Å². The summed E-state index contributed by atoms with van der Waals surface area (Å²) in [5.74, 6) is 0.171. The molecule has 0 bridgehead atoms. The first-order valence-corrected chi connectivity index (χ1v) is 11.6. The number of benzene rings is 1. The summed E-state index contributed by atoms with van der Waals surface area (Å²) in [6, 6.07) is 11.2. The Morgan fingerprint density at radius 3 is 2.82 bits per heavy atom. The number of aliphatic hydroxyl groups is 1. The van der Waals surface area contributed by atoms with Crippen molar-refractivity contribution in [1.82, 2.24) is 14.7 Å². The predicted octanol–water partition coefficient (Wildman–Crippen LogP) is 2.11. The molecule has 0 radical (unpaired) electrons. The van der Waals surface area contributed by atoms with E-state index >= 15 is 0 Å². The van der Waals surface area contributed by atoms with E-state index in [1.165, 1.54) is 0 Å². The minimum Gasteiger partial charge on any atom is -0.616 e. The number of ether oxygens (including phenoxy) is 3. The summed E-state index contributed by atoms with van der Waals surface area (Å²) in [6.07, 6.45) is 4.10. The van der Waals surface area contributed by atoms with Crippen LogP contribution in [0, 0.1) is 5.21 Å². The van der Waals surface area contributed by atoms with Crippen molar-refractivity contribution in [2.45, 2.75) is 31.6 Å². The minimum absolute atomic E-state index is 0.0522. The average Bonchev–Trinajstić information content (AvgIpc) is 3.35. The van der Waals surface area contributed by atoms with E-state index in [0.29, 0.717) is 25.3 Å². The molecule has 2 atom stereocenters. The monoisotopic (exact) mass is 454 g/mol. The van der Waals surface area contributed by atoms with E-state index in [1.807, 2.05) is 35.0 Å². The predicted molar refractivity (Wildman–Crippen MR) is 122 cm³/mol. The van der Waals surface area contributed by atoms with Crippen LogP contribution in [-0.4, -0.2) is 72.0 Å². The van der Waals surface area contributed by atoms with Gasteiger partial charge in [0.1, 0.15) is 12.7 Å². The lowest BCUT2D eigenvalue weighted by molar-refractivity contribution is -0.585. The normalized spacial score (nSPS) is 20.7. The highest BCUT2D eigenvalue weighted by Gasteiger charge is 2.21. The minimum atomic E-state index is -0.685. The first kappa shape index (κ1) is 22.1. The largest absolute Gasteiger partial charge is 0.616 e. The third kappa shape index (κ3) is 4.96. The molecule has 0 spiro atoms. The number of hydrogen-bond acceptors (Lipinski definition) is 7. The van der Waals surface area contributed by atoms with E-state index in [0.717, 1.165) is 60.3 Å². The Hall–Kier alpha value is -2.72. The molecule has 0 amide bonds. The second-order valence-electron chi connectivity index (χ2n) is 8.60. The van der Waals surface area contributed by atoms with Gasteiger partial charge < -0.3 is 24.5 Å². The average molecular weight is 455 g/mol. The molecule has 2 saturated heterocycles. The van der Waals surface area contributed by atoms with Gasteiger partial charge in [-0.1, -0.05) is 6.07 Å². The lowest BCUT2D eigenvalue weighted by Gasteiger charge is -2.28. The molecule has 5 rings (SSSR count). The van der Waals surface area contributed by atoms with Crippen LogP contribution in [0.2, 0.25) is 0 Å². The fourth-order valence-corrected chi connectivity index (χ4v) is 4.48. The molecule has 2 aliphatic heterocycles. The maximum absolute atomic E-state index is 13.1. The third-order valence-corrected chi connectivity index (χ3v) is 6.25. The lowest BCUT2D eigenvalue weighted by Crippen LogP contribution is -2.43. The second kappa shape index (κ2) is 10.0. The molecular formula is C24H30N4O5. The molecule has 2 aromatic heterocycles. The number of aliphatic hydroxyl groups excluding tert-OH is 1. The summed E-state index contributed by atoms with van der Waals surface area (Å²) in [5, 5.41) is 28.7. The number of fused-ring (bicyclic) bond motifs is 1. The van der Waals surface area contributed by atoms with Gasteiger partial charge in [0, 0.05) is 49.5 Å². The van der Waals surface area contributed by atoms with Gasteiger partial charge in [-0.3, -0.25) is 4.90 Å². The first-order chi connectivity index (χ1) is 16.2. The molecule has 176 valence electrons. The van der Waals surface area contributed by atoms with Gasteiger partial charge in [-0.15, -0.1) is 4.73 Å². The molecular weight excluding hydrogens is 424 g/mol. The summed E-state index contributed by atoms with van der Waals surface area (Å²) in [7, 11) is 0. The SMILES string of the molecule is [O-][n+]1c(OC[C@H](O)CN2CCOCC2)ccc2ccc(-c3ccnn3C3CCCCO3)cc21. The highest BCUT2D eigenvalue weighted by Crippen LogP contribution is 2.29. The molecule has 4 heterocycles. The molecule has 0 saturated carbocycles. The first-order valence-electron chi connectivity index (χ1n) is 11.6. The van der Waals surface area contributed by atoms with Crippen LogP contribution in [0.3, 0.4) is 0 Å². The Labute approximate surface area is 192 Å². The fraction of sp³-hybridized carbons (Fsp3) is 0.500. The molecule has 2 fully saturated rings. The number of hydrogen-bond donors (Lipinski definition) is 1. The fourth-order valence-electron chi connectivity index (χ4n) is 4.48. The molecule has 33 heavy (non-hydrogen) atoms. The zero-order chi connectivity index (χ0) is 22.6. The number of aromatic nitrogens is 3. The van der Waals surface area contributed by atoms with Crippen molar-refractivity contribution in [2.24, 2.45) is 0 Å². The molecule has 3 aromatic rings. The van der Waals surface area contributed by atoms with Gasteiger partial charge in [0.15, 0.2) is 6.23 Å². The smallest absolute Gasteiger partial charge is 0.380 e. The molecule has 0 aliphatic carbocycles. The molecule has 1 unspecified atom stereocenters. The third-order valence-electron chi connectivity index (χ3n) is 6.25. The number of nitrogens with zero attached hydrogens (tertiary/aromatic N) is 4. The van der Waals surface area contributed by atoms with Crippen molar-refractivity contribution in [3.05, 3.63) is 47.8 Å². The highest BCUT2D eigenvalue weighted by molar-refractivity contribution is 5.81. The van der Waals surface area contributed by atoms with Crippen LogP contribution in [0.25, 0.3) is 22.2 Å². The summed E-state index contributed by atoms with van der Waals surface area (Å²) in [6.45, 7) is 4.21. The van der Waals surface area contributed by atoms with Crippen LogP contribution in [0.1, 0.15) is 25.5 Å². The Morgan fingerprint density at radius 1 is 1.15 bits per heavy atom. The van der Waals surface area contributed by atoms with Crippen LogP contribution < -0.4 is 9.47 Å². The summed E-state index contributed by atoms with van der Waals surface area (Å²) < 4.78 is 19.6. The molecule has 1 N–H and O–H groups in total. The summed E-state index contributed by atoms with van der Waals surface area (Å²) in [4.78, 5) is 2.13. The van der Waals surface area contributed by atoms with E-state index in [2.05, 4.69) is 10.00 Å².